The molecule has 0 saturated carbocycles. The molecule has 0 radical (unpaired) electrons. The molecule has 2 aromatic heterocycles. The largest absolute Gasteiger partial charge is 0.328 e. The summed E-state index contributed by atoms with van der Waals surface area (Å²) in [5, 5.41) is 0. The van der Waals surface area contributed by atoms with E-state index in [0.29, 0.717) is 0 Å². The fourth-order valence-corrected chi connectivity index (χ4v) is 4.30. The van der Waals surface area contributed by atoms with Gasteiger partial charge in [-0.15, -0.1) is 0 Å². The zero-order valence-corrected chi connectivity index (χ0v) is 16.0. The molecule has 0 aliphatic heterocycles. The number of pyridine rings is 1. The van der Waals surface area contributed by atoms with Crippen molar-refractivity contribution >= 4 is 21.8 Å². The molecule has 3 rings (SSSR count). The number of aryl methyl sites for hydroxylation is 4. The van der Waals surface area contributed by atoms with Crippen LogP contribution >= 0.6 is 0 Å². The summed E-state index contributed by atoms with van der Waals surface area (Å²) in [6.45, 7) is 7.16. The molecular weight excluding hydrogens is 330 g/mol. The molecule has 0 spiro atoms. The van der Waals surface area contributed by atoms with Crippen molar-refractivity contribution in [2.45, 2.75) is 51.5 Å². The maximum Gasteiger partial charge on any atom is 0.107 e. The van der Waals surface area contributed by atoms with Crippen LogP contribution in [0.3, 0.4) is 0 Å². The number of rotatable bonds is 7. The van der Waals surface area contributed by atoms with Gasteiger partial charge in [0.05, 0.1) is 22.5 Å². The van der Waals surface area contributed by atoms with Crippen molar-refractivity contribution in [1.82, 2.24) is 14.5 Å². The zero-order valence-electron chi connectivity index (χ0n) is 15.2. The van der Waals surface area contributed by atoms with Gasteiger partial charge < -0.3 is 4.57 Å². The summed E-state index contributed by atoms with van der Waals surface area (Å²) < 4.78 is 14.5. The summed E-state index contributed by atoms with van der Waals surface area (Å²) >= 11 is 0. The highest BCUT2D eigenvalue weighted by molar-refractivity contribution is 7.85. The van der Waals surface area contributed by atoms with Crippen molar-refractivity contribution < 1.29 is 4.21 Å². The van der Waals surface area contributed by atoms with Gasteiger partial charge in [-0.1, -0.05) is 24.6 Å². The Morgan fingerprint density at radius 2 is 1.80 bits per heavy atom. The molecule has 1 atom stereocenters. The number of unbranched alkanes of at least 4 members (excludes halogenated alkanes) is 2. The number of hydrogen-bond donors (Lipinski definition) is 0. The van der Waals surface area contributed by atoms with Crippen molar-refractivity contribution in [3.8, 4) is 0 Å². The van der Waals surface area contributed by atoms with E-state index in [1.54, 1.807) is 0 Å². The van der Waals surface area contributed by atoms with Crippen LogP contribution in [0.15, 0.2) is 41.4 Å². The molecule has 132 valence electrons. The van der Waals surface area contributed by atoms with E-state index >= 15 is 0 Å². The topological polar surface area (TPSA) is 47.8 Å². The predicted octanol–water partition coefficient (Wildman–Crippen LogP) is 4.33. The molecule has 0 bridgehead atoms. The third-order valence-electron chi connectivity index (χ3n) is 4.68. The Balaban J connectivity index is 1.56. The van der Waals surface area contributed by atoms with Gasteiger partial charge in [-0.2, -0.15) is 0 Å². The molecule has 25 heavy (non-hydrogen) atoms. The lowest BCUT2D eigenvalue weighted by Crippen LogP contribution is -2.04. The Bertz CT molecular complexity index is 887. The summed E-state index contributed by atoms with van der Waals surface area (Å²) in [5.41, 5.74) is 4.46. The normalized spacial score (nSPS) is 12.6. The highest BCUT2D eigenvalue weighted by Gasteiger charge is 2.11. The molecule has 0 aliphatic carbocycles. The van der Waals surface area contributed by atoms with Gasteiger partial charge >= 0.3 is 0 Å². The van der Waals surface area contributed by atoms with E-state index in [-0.39, 0.29) is 0 Å². The second-order valence-electron chi connectivity index (χ2n) is 6.44. The Kier molecular flexibility index (Phi) is 5.63. The molecule has 3 aromatic rings. The van der Waals surface area contributed by atoms with Crippen LogP contribution in [0.25, 0.3) is 11.0 Å². The molecule has 0 fully saturated rings. The summed E-state index contributed by atoms with van der Waals surface area (Å²) in [4.78, 5) is 9.97. The molecule has 0 amide bonds. The third kappa shape index (κ3) is 3.98. The maximum absolute atomic E-state index is 12.2. The van der Waals surface area contributed by atoms with Crippen molar-refractivity contribution in [3.63, 3.8) is 0 Å². The molecular formula is C20H25N3OS. The third-order valence-corrected chi connectivity index (χ3v) is 6.14. The van der Waals surface area contributed by atoms with E-state index in [0.717, 1.165) is 53.5 Å². The van der Waals surface area contributed by atoms with Gasteiger partial charge in [0, 0.05) is 22.9 Å². The number of hydrogen-bond acceptors (Lipinski definition) is 3. The molecule has 4 nitrogen and oxygen atoms in total. The van der Waals surface area contributed by atoms with Gasteiger partial charge in [-0.25, -0.2) is 4.98 Å². The van der Waals surface area contributed by atoms with Crippen LogP contribution in [-0.2, 0) is 17.3 Å². The minimum absolute atomic E-state index is 0.732. The van der Waals surface area contributed by atoms with Crippen molar-refractivity contribution in [2.24, 2.45) is 0 Å². The number of aromatic nitrogens is 3. The highest BCUT2D eigenvalue weighted by atomic mass is 32.2. The van der Waals surface area contributed by atoms with E-state index in [9.17, 15) is 4.21 Å². The van der Waals surface area contributed by atoms with E-state index in [2.05, 4.69) is 28.4 Å². The molecule has 0 saturated heterocycles. The fourth-order valence-electron chi connectivity index (χ4n) is 3.14. The number of imidazole rings is 1. The molecule has 2 heterocycles. The van der Waals surface area contributed by atoms with Gasteiger partial charge in [-0.3, -0.25) is 9.19 Å². The van der Waals surface area contributed by atoms with Crippen LogP contribution in [0.2, 0.25) is 0 Å². The zero-order chi connectivity index (χ0) is 17.8. The fraction of sp³-hybridized carbons (Fsp3) is 0.400. The molecule has 1 unspecified atom stereocenters. The Morgan fingerprint density at radius 1 is 1.04 bits per heavy atom. The average molecular weight is 356 g/mol. The van der Waals surface area contributed by atoms with Gasteiger partial charge in [0.1, 0.15) is 11.3 Å². The van der Waals surface area contributed by atoms with E-state index in [4.69, 9.17) is 0 Å². The lowest BCUT2D eigenvalue weighted by Gasteiger charge is -2.09. The Hall–Kier alpha value is -2.01. The summed E-state index contributed by atoms with van der Waals surface area (Å²) in [6.07, 6.45) is 4.98. The first-order valence-electron chi connectivity index (χ1n) is 8.80. The van der Waals surface area contributed by atoms with Crippen LogP contribution < -0.4 is 0 Å². The van der Waals surface area contributed by atoms with Crippen LogP contribution in [0.1, 0.15) is 36.3 Å². The van der Waals surface area contributed by atoms with Crippen molar-refractivity contribution in [1.29, 1.82) is 0 Å². The monoisotopic (exact) mass is 355 g/mol. The van der Waals surface area contributed by atoms with Crippen LogP contribution in [-0.4, -0.2) is 24.5 Å². The molecule has 1 aromatic carbocycles. The Morgan fingerprint density at radius 3 is 2.56 bits per heavy atom. The lowest BCUT2D eigenvalue weighted by atomic mass is 10.2. The van der Waals surface area contributed by atoms with Crippen molar-refractivity contribution in [2.75, 3.05) is 5.75 Å². The van der Waals surface area contributed by atoms with Crippen LogP contribution in [0, 0.1) is 20.8 Å². The average Bonchev–Trinajstić information content (AvgIpc) is 2.95. The minimum Gasteiger partial charge on any atom is -0.328 e. The van der Waals surface area contributed by atoms with Crippen LogP contribution in [0.5, 0.6) is 0 Å². The van der Waals surface area contributed by atoms with E-state index < -0.39 is 10.8 Å². The van der Waals surface area contributed by atoms with Gasteiger partial charge in [0.2, 0.25) is 0 Å². The van der Waals surface area contributed by atoms with E-state index in [1.807, 2.05) is 43.5 Å². The van der Waals surface area contributed by atoms with E-state index in [1.165, 1.54) is 11.1 Å². The SMILES string of the molecule is Cc1ncc2nc(C)n(CCCCCS(=O)c3ccccc3)c2c1C. The first-order valence-corrected chi connectivity index (χ1v) is 10.1. The van der Waals surface area contributed by atoms with Gasteiger partial charge in [0.15, 0.2) is 0 Å². The highest BCUT2D eigenvalue weighted by Crippen LogP contribution is 2.22. The number of nitrogens with zero attached hydrogens (tertiary/aromatic N) is 3. The van der Waals surface area contributed by atoms with Gasteiger partial charge in [0.25, 0.3) is 0 Å². The second kappa shape index (κ2) is 7.91. The molecule has 5 heteroatoms. The smallest absolute Gasteiger partial charge is 0.107 e. The summed E-state index contributed by atoms with van der Waals surface area (Å²) in [7, 11) is -0.884. The minimum atomic E-state index is -0.884. The van der Waals surface area contributed by atoms with Gasteiger partial charge in [-0.05, 0) is 51.3 Å². The number of fused-ring (bicyclic) bond motifs is 1. The molecule has 0 aliphatic rings. The standard InChI is InChI=1S/C20H25N3OS/c1-15-16(2)21-14-19-20(15)23(17(3)22-19)12-8-5-9-13-25(24)18-10-6-4-7-11-18/h4,6-7,10-11,14H,5,8-9,12-13H2,1-3H3. The quantitative estimate of drug-likeness (QED) is 0.593. The summed E-state index contributed by atoms with van der Waals surface area (Å²) in [6, 6.07) is 9.73. The predicted molar refractivity (Wildman–Crippen MR) is 103 cm³/mol. The first-order chi connectivity index (χ1) is 12.1. The first kappa shape index (κ1) is 17.8. The molecule has 0 N–H and O–H groups in total. The Labute approximate surface area is 151 Å². The number of benzene rings is 1. The van der Waals surface area contributed by atoms with Crippen molar-refractivity contribution in [3.05, 3.63) is 53.6 Å². The lowest BCUT2D eigenvalue weighted by molar-refractivity contribution is 0.600. The summed E-state index contributed by atoms with van der Waals surface area (Å²) in [5.74, 6) is 1.77. The second-order valence-corrected chi connectivity index (χ2v) is 8.01. The van der Waals surface area contributed by atoms with Crippen LogP contribution in [0.4, 0.5) is 0 Å². The maximum atomic E-state index is 12.2.